The van der Waals surface area contributed by atoms with Crippen LogP contribution < -0.4 is 19.7 Å². The molecule has 0 bridgehead atoms. The standard InChI is InChI=1S/C27H36N4O4/c1-5-6-21-15-19-16-24(34-3)25(35-4)17-23(19)26(29-31(21)27(33)28-2)18-7-9-20(10-8-18)30-13-11-22(32)12-14-30/h7-10,16-17,21-22,32H,5-6,11-15H2,1-4H3,(H,28,33). The van der Waals surface area contributed by atoms with Gasteiger partial charge in [0, 0.05) is 37.0 Å². The number of methoxy groups -OCH3 is 2. The van der Waals surface area contributed by atoms with Gasteiger partial charge in [0.2, 0.25) is 0 Å². The molecule has 2 aliphatic heterocycles. The lowest BCUT2D eigenvalue weighted by Crippen LogP contribution is -2.42. The number of rotatable bonds is 6. The number of urea groups is 1. The molecule has 35 heavy (non-hydrogen) atoms. The molecular formula is C27H36N4O4. The van der Waals surface area contributed by atoms with E-state index in [-0.39, 0.29) is 18.2 Å². The third-order valence-corrected chi connectivity index (χ3v) is 6.89. The third kappa shape index (κ3) is 5.22. The number of nitrogens with zero attached hydrogens (tertiary/aromatic N) is 3. The zero-order chi connectivity index (χ0) is 24.9. The monoisotopic (exact) mass is 480 g/mol. The molecule has 1 saturated heterocycles. The number of fused-ring (bicyclic) bond motifs is 1. The maximum absolute atomic E-state index is 12.9. The Balaban J connectivity index is 1.80. The Kier molecular flexibility index (Phi) is 7.80. The highest BCUT2D eigenvalue weighted by atomic mass is 16.5. The second-order valence-electron chi connectivity index (χ2n) is 9.12. The summed E-state index contributed by atoms with van der Waals surface area (Å²) in [4.78, 5) is 15.2. The van der Waals surface area contributed by atoms with Crippen molar-refractivity contribution in [3.63, 3.8) is 0 Å². The molecule has 4 rings (SSSR count). The maximum atomic E-state index is 12.9. The largest absolute Gasteiger partial charge is 0.493 e. The van der Waals surface area contributed by atoms with Crippen molar-refractivity contribution in [1.82, 2.24) is 10.3 Å². The lowest BCUT2D eigenvalue weighted by Gasteiger charge is -2.31. The first-order valence-electron chi connectivity index (χ1n) is 12.4. The summed E-state index contributed by atoms with van der Waals surface area (Å²) in [6.45, 7) is 3.79. The van der Waals surface area contributed by atoms with E-state index in [0.29, 0.717) is 17.9 Å². The number of carbonyl (C=O) groups excluding carboxylic acids is 1. The summed E-state index contributed by atoms with van der Waals surface area (Å²) in [5.74, 6) is 1.29. The third-order valence-electron chi connectivity index (χ3n) is 6.89. The average Bonchev–Trinajstić information content (AvgIpc) is 3.04. The maximum Gasteiger partial charge on any atom is 0.337 e. The number of aliphatic hydroxyl groups is 1. The molecule has 8 nitrogen and oxygen atoms in total. The van der Waals surface area contributed by atoms with Gasteiger partial charge in [0.1, 0.15) is 0 Å². The normalized spacial score (nSPS) is 18.4. The van der Waals surface area contributed by atoms with E-state index in [1.54, 1.807) is 26.3 Å². The van der Waals surface area contributed by atoms with Crippen molar-refractivity contribution in [2.24, 2.45) is 5.10 Å². The number of nitrogens with one attached hydrogen (secondary N) is 1. The van der Waals surface area contributed by atoms with E-state index in [4.69, 9.17) is 14.6 Å². The number of ether oxygens (including phenoxy) is 2. The molecule has 1 fully saturated rings. The van der Waals surface area contributed by atoms with Crippen molar-refractivity contribution in [2.45, 2.75) is 51.2 Å². The Bertz CT molecular complexity index is 1060. The molecule has 0 aliphatic carbocycles. The zero-order valence-corrected chi connectivity index (χ0v) is 21.1. The molecular weight excluding hydrogens is 444 g/mol. The highest BCUT2D eigenvalue weighted by Gasteiger charge is 2.30. The van der Waals surface area contributed by atoms with E-state index in [1.165, 1.54) is 0 Å². The summed E-state index contributed by atoms with van der Waals surface area (Å²) < 4.78 is 11.2. The molecule has 0 radical (unpaired) electrons. The van der Waals surface area contributed by atoms with Gasteiger partial charge in [-0.2, -0.15) is 5.10 Å². The van der Waals surface area contributed by atoms with Crippen LogP contribution in [0.5, 0.6) is 11.5 Å². The number of hydrazone groups is 1. The molecule has 188 valence electrons. The van der Waals surface area contributed by atoms with Crippen LogP contribution in [0.25, 0.3) is 0 Å². The fraction of sp³-hybridized carbons (Fsp3) is 0.481. The number of hydrogen-bond donors (Lipinski definition) is 2. The predicted octanol–water partition coefficient (Wildman–Crippen LogP) is 3.78. The van der Waals surface area contributed by atoms with E-state index in [1.807, 2.05) is 12.1 Å². The van der Waals surface area contributed by atoms with Gasteiger partial charge < -0.3 is 24.8 Å². The smallest absolute Gasteiger partial charge is 0.337 e. The van der Waals surface area contributed by atoms with Crippen molar-refractivity contribution in [3.05, 3.63) is 53.1 Å². The van der Waals surface area contributed by atoms with Crippen LogP contribution in [0.1, 0.15) is 49.3 Å². The lowest BCUT2D eigenvalue weighted by molar-refractivity contribution is 0.145. The summed E-state index contributed by atoms with van der Waals surface area (Å²) in [6.07, 6.45) is 3.79. The minimum Gasteiger partial charge on any atom is -0.493 e. The second kappa shape index (κ2) is 11.0. The van der Waals surface area contributed by atoms with Crippen molar-refractivity contribution < 1.29 is 19.4 Å². The van der Waals surface area contributed by atoms with Crippen molar-refractivity contribution >= 4 is 17.4 Å². The molecule has 2 aromatic carbocycles. The number of aliphatic hydroxyl groups excluding tert-OH is 1. The predicted molar refractivity (Wildman–Crippen MR) is 138 cm³/mol. The number of carbonyl (C=O) groups is 1. The summed E-state index contributed by atoms with van der Waals surface area (Å²) in [7, 11) is 4.89. The molecule has 2 aromatic rings. The summed E-state index contributed by atoms with van der Waals surface area (Å²) in [5, 5.41) is 19.1. The fourth-order valence-corrected chi connectivity index (χ4v) is 4.94. The Hall–Kier alpha value is -3.26. The Morgan fingerprint density at radius 3 is 2.37 bits per heavy atom. The number of amides is 2. The van der Waals surface area contributed by atoms with Gasteiger partial charge in [-0.15, -0.1) is 0 Å². The number of hydrogen-bond acceptors (Lipinski definition) is 6. The molecule has 2 heterocycles. The molecule has 2 amide bonds. The van der Waals surface area contributed by atoms with E-state index in [0.717, 1.165) is 66.9 Å². The molecule has 2 N–H and O–H groups in total. The van der Waals surface area contributed by atoms with Gasteiger partial charge in [-0.3, -0.25) is 0 Å². The Morgan fingerprint density at radius 1 is 1.11 bits per heavy atom. The zero-order valence-electron chi connectivity index (χ0n) is 21.1. The molecule has 1 unspecified atom stereocenters. The van der Waals surface area contributed by atoms with E-state index in [2.05, 4.69) is 41.4 Å². The van der Waals surface area contributed by atoms with Gasteiger partial charge in [-0.25, -0.2) is 9.80 Å². The molecule has 2 aliphatic rings. The molecule has 1 atom stereocenters. The molecule has 8 heteroatoms. The molecule has 0 saturated carbocycles. The van der Waals surface area contributed by atoms with Gasteiger partial charge in [0.05, 0.1) is 32.1 Å². The first kappa shape index (κ1) is 24.9. The van der Waals surface area contributed by atoms with Gasteiger partial charge in [-0.1, -0.05) is 25.5 Å². The van der Waals surface area contributed by atoms with Gasteiger partial charge in [0.15, 0.2) is 11.5 Å². The number of anilines is 1. The molecule has 0 spiro atoms. The van der Waals surface area contributed by atoms with E-state index in [9.17, 15) is 9.90 Å². The van der Waals surface area contributed by atoms with Crippen molar-refractivity contribution in [3.8, 4) is 11.5 Å². The quantitative estimate of drug-likeness (QED) is 0.657. The van der Waals surface area contributed by atoms with Crippen LogP contribution in [0.2, 0.25) is 0 Å². The Morgan fingerprint density at radius 2 is 1.77 bits per heavy atom. The molecule has 0 aromatic heterocycles. The topological polar surface area (TPSA) is 86.6 Å². The minimum absolute atomic E-state index is 0.0756. The second-order valence-corrected chi connectivity index (χ2v) is 9.12. The summed E-state index contributed by atoms with van der Waals surface area (Å²) in [5.41, 5.74) is 4.77. The van der Waals surface area contributed by atoms with Crippen LogP contribution in [-0.2, 0) is 6.42 Å². The van der Waals surface area contributed by atoms with Gasteiger partial charge in [0.25, 0.3) is 0 Å². The van der Waals surface area contributed by atoms with Crippen LogP contribution in [0, 0.1) is 0 Å². The minimum atomic E-state index is -0.226. The number of benzene rings is 2. The Labute approximate surface area is 207 Å². The van der Waals surface area contributed by atoms with Gasteiger partial charge >= 0.3 is 6.03 Å². The van der Waals surface area contributed by atoms with E-state index < -0.39 is 0 Å². The SMILES string of the molecule is CCCC1Cc2cc(OC)c(OC)cc2C(c2ccc(N3CCC(O)CC3)cc2)=NN1C(=O)NC. The first-order chi connectivity index (χ1) is 17.0. The van der Waals surface area contributed by atoms with Crippen LogP contribution in [-0.4, -0.2) is 68.4 Å². The van der Waals surface area contributed by atoms with Crippen LogP contribution in [0.4, 0.5) is 10.5 Å². The van der Waals surface area contributed by atoms with Crippen LogP contribution >= 0.6 is 0 Å². The lowest BCUT2D eigenvalue weighted by atomic mass is 9.92. The highest BCUT2D eigenvalue weighted by molar-refractivity contribution is 6.14. The van der Waals surface area contributed by atoms with Gasteiger partial charge in [-0.05, 0) is 55.5 Å². The summed E-state index contributed by atoms with van der Waals surface area (Å²) in [6, 6.07) is 12.0. The van der Waals surface area contributed by atoms with Crippen molar-refractivity contribution in [1.29, 1.82) is 0 Å². The number of piperidine rings is 1. The first-order valence-corrected chi connectivity index (χ1v) is 12.4. The van der Waals surface area contributed by atoms with Crippen LogP contribution in [0.15, 0.2) is 41.5 Å². The average molecular weight is 481 g/mol. The highest BCUT2D eigenvalue weighted by Crippen LogP contribution is 2.35. The summed E-state index contributed by atoms with van der Waals surface area (Å²) >= 11 is 0. The van der Waals surface area contributed by atoms with Crippen LogP contribution in [0.3, 0.4) is 0 Å². The fourth-order valence-electron chi connectivity index (χ4n) is 4.94. The van der Waals surface area contributed by atoms with E-state index >= 15 is 0 Å². The van der Waals surface area contributed by atoms with Crippen molar-refractivity contribution in [2.75, 3.05) is 39.3 Å².